The molecule has 0 radical (unpaired) electrons. The van der Waals surface area contributed by atoms with Gasteiger partial charge in [0.2, 0.25) is 23.6 Å². The maximum atomic E-state index is 11.5. The lowest BCUT2D eigenvalue weighted by atomic mass is 9.89. The first kappa shape index (κ1) is 26.0. The molecule has 0 aromatic rings. The lowest BCUT2D eigenvalue weighted by Gasteiger charge is -2.20. The molecular formula is C19H36N4O5. The number of imide groups is 1. The van der Waals surface area contributed by atoms with Gasteiger partial charge in [-0.15, -0.1) is 0 Å². The molecule has 1 aliphatic heterocycles. The Labute approximate surface area is 167 Å². The number of amides is 4. The van der Waals surface area contributed by atoms with Crippen LogP contribution in [-0.4, -0.2) is 66.4 Å². The molecule has 0 spiro atoms. The highest BCUT2D eigenvalue weighted by atomic mass is 16.3. The van der Waals surface area contributed by atoms with Gasteiger partial charge in [0.1, 0.15) is 0 Å². The summed E-state index contributed by atoms with van der Waals surface area (Å²) in [5, 5.41) is 13.9. The number of aliphatic hydroxyl groups is 1. The molecule has 0 bridgehead atoms. The van der Waals surface area contributed by atoms with Crippen LogP contribution in [0.25, 0.3) is 0 Å². The minimum absolute atomic E-state index is 0.0263. The van der Waals surface area contributed by atoms with Gasteiger partial charge in [-0.1, -0.05) is 27.7 Å². The minimum Gasteiger partial charge on any atom is -0.396 e. The minimum atomic E-state index is -0.735. The van der Waals surface area contributed by atoms with Crippen LogP contribution >= 0.6 is 0 Å². The van der Waals surface area contributed by atoms with Crippen molar-refractivity contribution in [3.05, 3.63) is 0 Å². The van der Waals surface area contributed by atoms with Crippen molar-refractivity contribution in [1.29, 1.82) is 0 Å². The monoisotopic (exact) mass is 400 g/mol. The van der Waals surface area contributed by atoms with E-state index in [1.54, 1.807) is 7.05 Å². The second kappa shape index (κ2) is 12.5. The summed E-state index contributed by atoms with van der Waals surface area (Å²) in [6.07, 6.45) is 1.61. The number of rotatable bonds is 9. The van der Waals surface area contributed by atoms with Crippen molar-refractivity contribution in [3.8, 4) is 0 Å². The summed E-state index contributed by atoms with van der Waals surface area (Å²) in [5.74, 6) is -0.305. The number of hydrogen-bond acceptors (Lipinski definition) is 6. The third-order valence-electron chi connectivity index (χ3n) is 4.46. The first-order valence-corrected chi connectivity index (χ1v) is 9.65. The molecule has 1 unspecified atom stereocenters. The van der Waals surface area contributed by atoms with Crippen molar-refractivity contribution < 1.29 is 24.3 Å². The lowest BCUT2D eigenvalue weighted by Crippen LogP contribution is -2.38. The van der Waals surface area contributed by atoms with E-state index in [1.165, 1.54) is 0 Å². The molecule has 5 N–H and O–H groups in total. The number of nitrogens with zero attached hydrogens (tertiary/aromatic N) is 1. The average Bonchev–Trinajstić information content (AvgIpc) is 2.84. The summed E-state index contributed by atoms with van der Waals surface area (Å²) < 4.78 is 0. The number of nitrogens with two attached hydrogens (primary N) is 1. The first-order chi connectivity index (χ1) is 13.0. The Bertz CT molecular complexity index is 548. The molecule has 1 rings (SSSR count). The van der Waals surface area contributed by atoms with Crippen LogP contribution in [0.15, 0.2) is 0 Å². The topological polar surface area (TPSA) is 142 Å². The normalized spacial score (nSPS) is 16.7. The number of carbonyl (C=O) groups excluding carboxylic acids is 4. The molecule has 1 fully saturated rings. The van der Waals surface area contributed by atoms with Gasteiger partial charge in [0.15, 0.2) is 0 Å². The van der Waals surface area contributed by atoms with Crippen LogP contribution in [0.4, 0.5) is 0 Å². The van der Waals surface area contributed by atoms with Crippen LogP contribution in [0, 0.1) is 11.3 Å². The maximum absolute atomic E-state index is 11.5. The smallest absolute Gasteiger partial charge is 0.246 e. The number of aliphatic hydroxyl groups excluding tert-OH is 1. The van der Waals surface area contributed by atoms with Crippen molar-refractivity contribution in [2.75, 3.05) is 26.7 Å². The Balaban J connectivity index is 0.000000621. The van der Waals surface area contributed by atoms with E-state index in [0.29, 0.717) is 18.9 Å². The summed E-state index contributed by atoms with van der Waals surface area (Å²) in [6, 6.07) is -0.735. The molecule has 0 saturated carbocycles. The molecule has 9 heteroatoms. The molecule has 1 heterocycles. The molecule has 9 nitrogen and oxygen atoms in total. The third kappa shape index (κ3) is 9.27. The van der Waals surface area contributed by atoms with Crippen molar-refractivity contribution in [2.45, 2.75) is 59.4 Å². The van der Waals surface area contributed by atoms with Crippen molar-refractivity contribution >= 4 is 23.6 Å². The van der Waals surface area contributed by atoms with E-state index >= 15 is 0 Å². The van der Waals surface area contributed by atoms with Gasteiger partial charge in [-0.3, -0.25) is 24.1 Å². The molecule has 4 amide bonds. The Morgan fingerprint density at radius 3 is 2.36 bits per heavy atom. The van der Waals surface area contributed by atoms with Gasteiger partial charge in [0, 0.05) is 38.6 Å². The zero-order valence-electron chi connectivity index (χ0n) is 17.7. The maximum Gasteiger partial charge on any atom is 0.246 e. The van der Waals surface area contributed by atoms with Crippen molar-refractivity contribution in [3.63, 3.8) is 0 Å². The number of nitrogens with one attached hydrogen (secondary N) is 2. The summed E-state index contributed by atoms with van der Waals surface area (Å²) in [6.45, 7) is 8.57. The fourth-order valence-corrected chi connectivity index (χ4v) is 2.48. The van der Waals surface area contributed by atoms with Gasteiger partial charge >= 0.3 is 0 Å². The molecule has 0 aromatic carbocycles. The zero-order valence-corrected chi connectivity index (χ0v) is 17.7. The summed E-state index contributed by atoms with van der Waals surface area (Å²) >= 11 is 0. The second-order valence-corrected chi connectivity index (χ2v) is 7.91. The van der Waals surface area contributed by atoms with E-state index in [0.717, 1.165) is 11.3 Å². The highest BCUT2D eigenvalue weighted by Gasteiger charge is 2.35. The van der Waals surface area contributed by atoms with Gasteiger partial charge in [-0.05, 0) is 18.8 Å². The fraction of sp³-hybridized carbons (Fsp3) is 0.789. The van der Waals surface area contributed by atoms with Gasteiger partial charge in [-0.2, -0.15) is 0 Å². The standard InChI is InChI=1S/C12H21N3O3.C7H15NO2/c1-8(2)3-5-14-10(16)4-6-15-11(17)7-9(13)12(15)18;1-7(2,4-5-9)6(10)8-3/h8-9H,3-7,13H2,1-2H3,(H,14,16);9H,4-5H2,1-3H3,(H,8,10). The number of carbonyl (C=O) groups is 4. The number of hydrogen-bond donors (Lipinski definition) is 4. The average molecular weight is 401 g/mol. The quantitative estimate of drug-likeness (QED) is 0.394. The van der Waals surface area contributed by atoms with E-state index in [2.05, 4.69) is 24.5 Å². The lowest BCUT2D eigenvalue weighted by molar-refractivity contribution is -0.139. The molecule has 1 saturated heterocycles. The molecule has 0 aliphatic carbocycles. The van der Waals surface area contributed by atoms with E-state index < -0.39 is 11.5 Å². The van der Waals surface area contributed by atoms with E-state index in [9.17, 15) is 19.2 Å². The molecule has 1 aliphatic rings. The van der Waals surface area contributed by atoms with Crippen LogP contribution in [0.1, 0.15) is 53.4 Å². The largest absolute Gasteiger partial charge is 0.396 e. The van der Waals surface area contributed by atoms with E-state index in [4.69, 9.17) is 10.8 Å². The molecule has 28 heavy (non-hydrogen) atoms. The highest BCUT2D eigenvalue weighted by Crippen LogP contribution is 2.18. The molecule has 1 atom stereocenters. The molecular weight excluding hydrogens is 364 g/mol. The van der Waals surface area contributed by atoms with Crippen LogP contribution in [0.3, 0.4) is 0 Å². The fourth-order valence-electron chi connectivity index (χ4n) is 2.48. The van der Waals surface area contributed by atoms with Crippen molar-refractivity contribution in [1.82, 2.24) is 15.5 Å². The third-order valence-corrected chi connectivity index (χ3v) is 4.46. The van der Waals surface area contributed by atoms with Gasteiger partial charge in [0.25, 0.3) is 0 Å². The molecule has 162 valence electrons. The highest BCUT2D eigenvalue weighted by molar-refractivity contribution is 6.05. The SMILES string of the molecule is CC(C)CCNC(=O)CCN1C(=O)CC(N)C1=O.CNC(=O)C(C)(C)CCO. The van der Waals surface area contributed by atoms with Crippen LogP contribution in [-0.2, 0) is 19.2 Å². The first-order valence-electron chi connectivity index (χ1n) is 9.65. The Kier molecular flexibility index (Phi) is 11.6. The summed E-state index contributed by atoms with van der Waals surface area (Å²) in [5.41, 5.74) is 5.03. The Morgan fingerprint density at radius 2 is 1.93 bits per heavy atom. The Morgan fingerprint density at radius 1 is 1.32 bits per heavy atom. The predicted molar refractivity (Wildman–Crippen MR) is 106 cm³/mol. The van der Waals surface area contributed by atoms with Crippen LogP contribution in [0.5, 0.6) is 0 Å². The van der Waals surface area contributed by atoms with Gasteiger partial charge in [0.05, 0.1) is 12.5 Å². The van der Waals surface area contributed by atoms with Crippen LogP contribution in [0.2, 0.25) is 0 Å². The molecule has 0 aromatic heterocycles. The van der Waals surface area contributed by atoms with Crippen LogP contribution < -0.4 is 16.4 Å². The van der Waals surface area contributed by atoms with E-state index in [1.807, 2.05) is 13.8 Å². The summed E-state index contributed by atoms with van der Waals surface area (Å²) in [7, 11) is 1.60. The van der Waals surface area contributed by atoms with Gasteiger partial charge in [-0.25, -0.2) is 0 Å². The Hall–Kier alpha value is -2.00. The second-order valence-electron chi connectivity index (χ2n) is 7.91. The number of likely N-dealkylation sites (tertiary alicyclic amines) is 1. The zero-order chi connectivity index (χ0) is 21.9. The summed E-state index contributed by atoms with van der Waals surface area (Å²) in [4.78, 5) is 46.4. The van der Waals surface area contributed by atoms with Gasteiger partial charge < -0.3 is 21.5 Å². The van der Waals surface area contributed by atoms with E-state index in [-0.39, 0.29) is 49.6 Å². The predicted octanol–water partition coefficient (Wildman–Crippen LogP) is -0.234. The van der Waals surface area contributed by atoms with Crippen molar-refractivity contribution in [2.24, 2.45) is 17.1 Å².